The molecule has 0 N–H and O–H groups in total. The lowest BCUT2D eigenvalue weighted by Crippen LogP contribution is -2.27. The Balaban J connectivity index is 1.51. The molecular formula is C25H19BrFNO7S. The number of amides is 2. The Morgan fingerprint density at radius 1 is 1.17 bits per heavy atom. The average molecular weight is 576 g/mol. The van der Waals surface area contributed by atoms with Gasteiger partial charge in [-0.1, -0.05) is 18.2 Å². The molecule has 8 nitrogen and oxygen atoms in total. The molecule has 0 spiro atoms. The molecular weight excluding hydrogens is 557 g/mol. The Bertz CT molecular complexity index is 1370. The normalized spacial score (nSPS) is 14.4. The van der Waals surface area contributed by atoms with Crippen LogP contribution < -0.4 is 9.47 Å². The predicted octanol–water partition coefficient (Wildman–Crippen LogP) is 5.79. The minimum atomic E-state index is -0.656. The third kappa shape index (κ3) is 5.47. The first-order valence-corrected chi connectivity index (χ1v) is 12.1. The van der Waals surface area contributed by atoms with E-state index in [1.807, 2.05) is 0 Å². The number of thioether (sulfide) groups is 1. The zero-order valence-electron chi connectivity index (χ0n) is 19.1. The van der Waals surface area contributed by atoms with Crippen molar-refractivity contribution in [1.29, 1.82) is 0 Å². The van der Waals surface area contributed by atoms with Gasteiger partial charge in [0, 0.05) is 5.56 Å². The first-order valence-electron chi connectivity index (χ1n) is 10.5. The smallest absolute Gasteiger partial charge is 0.373 e. The van der Waals surface area contributed by atoms with Gasteiger partial charge in [0.1, 0.15) is 18.2 Å². The SMILES string of the molecule is COC(=O)c1ccc(CN2C(=O)S/C(=C/c3cc(Br)c(OCc4ccccc4F)c(OC)c3)C2=O)o1. The second-order valence-electron chi connectivity index (χ2n) is 7.44. The molecule has 1 aliphatic heterocycles. The van der Waals surface area contributed by atoms with Crippen molar-refractivity contribution in [3.8, 4) is 11.5 Å². The Labute approximate surface area is 218 Å². The number of furan rings is 1. The number of benzene rings is 2. The number of carbonyl (C=O) groups excluding carboxylic acids is 3. The molecule has 0 aliphatic carbocycles. The van der Waals surface area contributed by atoms with E-state index in [-0.39, 0.29) is 35.4 Å². The summed E-state index contributed by atoms with van der Waals surface area (Å²) < 4.78 is 35.6. The molecule has 1 saturated heterocycles. The van der Waals surface area contributed by atoms with Crippen molar-refractivity contribution >= 4 is 50.9 Å². The molecule has 1 fully saturated rings. The standard InChI is InChI=1S/C25H19BrFNO7S/c1-32-20-10-14(9-17(26)22(20)34-13-15-5-3-4-6-18(15)27)11-21-23(29)28(25(31)36-21)12-16-7-8-19(35-16)24(30)33-2/h3-11H,12-13H2,1-2H3/b21-11+. The van der Waals surface area contributed by atoms with Crippen LogP contribution in [0.1, 0.15) is 27.4 Å². The monoisotopic (exact) mass is 575 g/mol. The highest BCUT2D eigenvalue weighted by molar-refractivity contribution is 9.10. The van der Waals surface area contributed by atoms with Crippen LogP contribution in [-0.2, 0) is 22.7 Å². The Kier molecular flexibility index (Phi) is 7.80. The number of carbonyl (C=O) groups is 3. The summed E-state index contributed by atoms with van der Waals surface area (Å²) in [6, 6.07) is 12.5. The van der Waals surface area contributed by atoms with Crippen LogP contribution in [0.2, 0.25) is 0 Å². The van der Waals surface area contributed by atoms with E-state index >= 15 is 0 Å². The van der Waals surface area contributed by atoms with E-state index in [0.29, 0.717) is 27.1 Å². The highest BCUT2D eigenvalue weighted by atomic mass is 79.9. The molecule has 0 saturated carbocycles. The molecule has 2 amide bonds. The summed E-state index contributed by atoms with van der Waals surface area (Å²) in [5.41, 5.74) is 0.966. The number of rotatable bonds is 8. The second-order valence-corrected chi connectivity index (χ2v) is 9.29. The van der Waals surface area contributed by atoms with Gasteiger partial charge in [-0.25, -0.2) is 9.18 Å². The maximum absolute atomic E-state index is 13.9. The van der Waals surface area contributed by atoms with Gasteiger partial charge in [-0.3, -0.25) is 14.5 Å². The van der Waals surface area contributed by atoms with E-state index < -0.39 is 17.1 Å². The minimum Gasteiger partial charge on any atom is -0.493 e. The van der Waals surface area contributed by atoms with Crippen LogP contribution in [0.4, 0.5) is 9.18 Å². The summed E-state index contributed by atoms with van der Waals surface area (Å²) in [6.45, 7) is -0.140. The number of imide groups is 1. The first-order chi connectivity index (χ1) is 17.3. The summed E-state index contributed by atoms with van der Waals surface area (Å²) in [5, 5.41) is -0.474. The molecule has 2 heterocycles. The molecule has 0 bridgehead atoms. The van der Waals surface area contributed by atoms with E-state index in [0.717, 1.165) is 16.7 Å². The van der Waals surface area contributed by atoms with E-state index in [1.165, 1.54) is 32.4 Å². The van der Waals surface area contributed by atoms with Crippen LogP contribution in [0.25, 0.3) is 6.08 Å². The molecule has 0 radical (unpaired) electrons. The van der Waals surface area contributed by atoms with Crippen LogP contribution in [0.5, 0.6) is 11.5 Å². The van der Waals surface area contributed by atoms with Crippen molar-refractivity contribution < 1.29 is 37.4 Å². The fourth-order valence-corrected chi connectivity index (χ4v) is 4.76. The van der Waals surface area contributed by atoms with Gasteiger partial charge in [-0.05, 0) is 69.7 Å². The molecule has 0 unspecified atom stereocenters. The van der Waals surface area contributed by atoms with Crippen molar-refractivity contribution in [2.75, 3.05) is 14.2 Å². The largest absolute Gasteiger partial charge is 0.493 e. The summed E-state index contributed by atoms with van der Waals surface area (Å²) in [4.78, 5) is 38.2. The van der Waals surface area contributed by atoms with E-state index in [2.05, 4.69) is 20.7 Å². The van der Waals surface area contributed by atoms with Crippen LogP contribution in [0.3, 0.4) is 0 Å². The number of hydrogen-bond donors (Lipinski definition) is 0. The average Bonchev–Trinajstić information content (AvgIpc) is 3.44. The Hall–Kier alpha value is -3.57. The van der Waals surface area contributed by atoms with Gasteiger partial charge in [-0.2, -0.15) is 0 Å². The number of halogens is 2. The number of ether oxygens (including phenoxy) is 3. The van der Waals surface area contributed by atoms with Gasteiger partial charge >= 0.3 is 5.97 Å². The van der Waals surface area contributed by atoms with Gasteiger partial charge in [0.15, 0.2) is 11.5 Å². The first kappa shape index (κ1) is 25.5. The quantitative estimate of drug-likeness (QED) is 0.246. The molecule has 3 aromatic rings. The van der Waals surface area contributed by atoms with Gasteiger partial charge in [-0.15, -0.1) is 0 Å². The van der Waals surface area contributed by atoms with E-state index in [9.17, 15) is 18.8 Å². The second kappa shape index (κ2) is 11.0. The fraction of sp³-hybridized carbons (Fsp3) is 0.160. The minimum absolute atomic E-state index is 0.00958. The third-order valence-corrected chi connectivity index (χ3v) is 6.61. The van der Waals surface area contributed by atoms with Crippen molar-refractivity contribution in [1.82, 2.24) is 4.90 Å². The van der Waals surface area contributed by atoms with Gasteiger partial charge in [0.2, 0.25) is 5.76 Å². The summed E-state index contributed by atoms with van der Waals surface area (Å²) in [7, 11) is 2.68. The van der Waals surface area contributed by atoms with Gasteiger partial charge in [0.05, 0.1) is 30.1 Å². The number of methoxy groups -OCH3 is 2. The molecule has 36 heavy (non-hydrogen) atoms. The number of esters is 1. The van der Waals surface area contributed by atoms with Crippen molar-refractivity contribution in [2.24, 2.45) is 0 Å². The number of hydrogen-bond acceptors (Lipinski definition) is 8. The maximum Gasteiger partial charge on any atom is 0.373 e. The van der Waals surface area contributed by atoms with E-state index in [4.69, 9.17) is 13.9 Å². The predicted molar refractivity (Wildman–Crippen MR) is 133 cm³/mol. The maximum atomic E-state index is 13.9. The molecule has 1 aliphatic rings. The topological polar surface area (TPSA) is 95.3 Å². The highest BCUT2D eigenvalue weighted by Gasteiger charge is 2.36. The van der Waals surface area contributed by atoms with Crippen molar-refractivity contribution in [3.05, 3.63) is 86.4 Å². The van der Waals surface area contributed by atoms with Crippen molar-refractivity contribution in [3.63, 3.8) is 0 Å². The summed E-state index contributed by atoms with van der Waals surface area (Å²) in [5.74, 6) is -0.575. The van der Waals surface area contributed by atoms with Gasteiger partial charge < -0.3 is 18.6 Å². The molecule has 186 valence electrons. The molecule has 1 aromatic heterocycles. The molecule has 11 heteroatoms. The van der Waals surface area contributed by atoms with E-state index in [1.54, 1.807) is 36.4 Å². The molecule has 2 aromatic carbocycles. The van der Waals surface area contributed by atoms with Crippen LogP contribution in [0.15, 0.2) is 62.3 Å². The lowest BCUT2D eigenvalue weighted by Gasteiger charge is -2.14. The van der Waals surface area contributed by atoms with Crippen LogP contribution in [0, 0.1) is 5.82 Å². The Morgan fingerprint density at radius 3 is 2.67 bits per heavy atom. The lowest BCUT2D eigenvalue weighted by atomic mass is 10.1. The highest BCUT2D eigenvalue weighted by Crippen LogP contribution is 2.40. The zero-order chi connectivity index (χ0) is 25.8. The van der Waals surface area contributed by atoms with Crippen LogP contribution in [-0.4, -0.2) is 36.2 Å². The van der Waals surface area contributed by atoms with Crippen LogP contribution >= 0.6 is 27.7 Å². The molecule has 4 rings (SSSR count). The summed E-state index contributed by atoms with van der Waals surface area (Å²) >= 11 is 4.22. The fourth-order valence-electron chi connectivity index (χ4n) is 3.35. The summed E-state index contributed by atoms with van der Waals surface area (Å²) in [6.07, 6.45) is 1.56. The lowest BCUT2D eigenvalue weighted by molar-refractivity contribution is -0.123. The third-order valence-electron chi connectivity index (χ3n) is 5.12. The van der Waals surface area contributed by atoms with Gasteiger partial charge in [0.25, 0.3) is 11.1 Å². The van der Waals surface area contributed by atoms with Crippen molar-refractivity contribution in [2.45, 2.75) is 13.2 Å². The molecule has 0 atom stereocenters. The Morgan fingerprint density at radius 2 is 1.94 bits per heavy atom. The zero-order valence-corrected chi connectivity index (χ0v) is 21.5. The number of nitrogens with zero attached hydrogens (tertiary/aromatic N) is 1.